The van der Waals surface area contributed by atoms with Gasteiger partial charge in [-0.2, -0.15) is 0 Å². The molecule has 0 fully saturated rings. The summed E-state index contributed by atoms with van der Waals surface area (Å²) < 4.78 is 0. The SMILES string of the molecule is CC(=O)c1c(C)[nH]c(C(=O)N(C)C(C)c2cccs2)c1C. The molecule has 21 heavy (non-hydrogen) atoms. The van der Waals surface area contributed by atoms with Crippen LogP contribution in [0.4, 0.5) is 0 Å². The quantitative estimate of drug-likeness (QED) is 0.875. The van der Waals surface area contributed by atoms with Gasteiger partial charge in [0.25, 0.3) is 5.91 Å². The summed E-state index contributed by atoms with van der Waals surface area (Å²) in [6.45, 7) is 7.16. The van der Waals surface area contributed by atoms with E-state index >= 15 is 0 Å². The van der Waals surface area contributed by atoms with Crippen LogP contribution < -0.4 is 0 Å². The van der Waals surface area contributed by atoms with E-state index in [1.807, 2.05) is 38.3 Å². The molecule has 1 N–H and O–H groups in total. The Kier molecular flexibility index (Phi) is 4.32. The minimum atomic E-state index is -0.0935. The largest absolute Gasteiger partial charge is 0.354 e. The van der Waals surface area contributed by atoms with E-state index in [4.69, 9.17) is 0 Å². The molecule has 0 spiro atoms. The van der Waals surface area contributed by atoms with Gasteiger partial charge in [0.05, 0.1) is 6.04 Å². The van der Waals surface area contributed by atoms with Gasteiger partial charge in [-0.15, -0.1) is 11.3 Å². The fourth-order valence-electron chi connectivity index (χ4n) is 2.56. The molecule has 2 rings (SSSR count). The summed E-state index contributed by atoms with van der Waals surface area (Å²) >= 11 is 1.63. The molecule has 0 aliphatic carbocycles. The maximum absolute atomic E-state index is 12.7. The number of nitrogens with one attached hydrogen (secondary N) is 1. The molecule has 0 aliphatic heterocycles. The molecule has 0 aliphatic rings. The predicted octanol–water partition coefficient (Wildman–Crippen LogP) is 3.73. The van der Waals surface area contributed by atoms with Crippen LogP contribution in [0, 0.1) is 13.8 Å². The number of H-pyrrole nitrogens is 1. The second-order valence-electron chi connectivity index (χ2n) is 5.29. The van der Waals surface area contributed by atoms with Gasteiger partial charge in [-0.1, -0.05) is 6.07 Å². The molecule has 0 saturated carbocycles. The average molecular weight is 304 g/mol. The molecule has 0 bridgehead atoms. The second kappa shape index (κ2) is 5.85. The lowest BCUT2D eigenvalue weighted by molar-refractivity contribution is 0.0739. The lowest BCUT2D eigenvalue weighted by Crippen LogP contribution is -2.30. The molecule has 2 aromatic rings. The van der Waals surface area contributed by atoms with Crippen molar-refractivity contribution in [2.45, 2.75) is 33.7 Å². The van der Waals surface area contributed by atoms with Gasteiger partial charge < -0.3 is 9.88 Å². The fourth-order valence-corrected chi connectivity index (χ4v) is 3.39. The zero-order valence-electron chi connectivity index (χ0n) is 13.0. The number of ketones is 1. The van der Waals surface area contributed by atoms with Crippen LogP contribution in [-0.2, 0) is 0 Å². The molecule has 2 heterocycles. The van der Waals surface area contributed by atoms with Crippen molar-refractivity contribution in [2.75, 3.05) is 7.05 Å². The van der Waals surface area contributed by atoms with Crippen molar-refractivity contribution in [1.29, 1.82) is 0 Å². The number of hydrogen-bond acceptors (Lipinski definition) is 3. The van der Waals surface area contributed by atoms with Crippen molar-refractivity contribution in [3.8, 4) is 0 Å². The zero-order chi connectivity index (χ0) is 15.7. The molecule has 1 amide bonds. The first-order valence-electron chi connectivity index (χ1n) is 6.85. The molecule has 5 heteroatoms. The van der Waals surface area contributed by atoms with Gasteiger partial charge in [0, 0.05) is 23.2 Å². The number of aromatic amines is 1. The van der Waals surface area contributed by atoms with Gasteiger partial charge in [-0.3, -0.25) is 9.59 Å². The first-order valence-corrected chi connectivity index (χ1v) is 7.73. The Labute approximate surface area is 128 Å². The number of thiophene rings is 1. The molecule has 1 unspecified atom stereocenters. The number of amides is 1. The normalized spacial score (nSPS) is 12.2. The van der Waals surface area contributed by atoms with Gasteiger partial charge in [-0.05, 0) is 44.7 Å². The van der Waals surface area contributed by atoms with Crippen molar-refractivity contribution < 1.29 is 9.59 Å². The van der Waals surface area contributed by atoms with Crippen LogP contribution >= 0.6 is 11.3 Å². The van der Waals surface area contributed by atoms with Gasteiger partial charge in [0.15, 0.2) is 5.78 Å². The summed E-state index contributed by atoms with van der Waals surface area (Å²) in [6.07, 6.45) is 0. The van der Waals surface area contributed by atoms with E-state index in [9.17, 15) is 9.59 Å². The molecule has 1 atom stereocenters. The van der Waals surface area contributed by atoms with E-state index in [1.165, 1.54) is 6.92 Å². The Morgan fingerprint density at radius 1 is 1.33 bits per heavy atom. The topological polar surface area (TPSA) is 53.2 Å². The van der Waals surface area contributed by atoms with Crippen molar-refractivity contribution in [3.63, 3.8) is 0 Å². The number of nitrogens with zero attached hydrogens (tertiary/aromatic N) is 1. The van der Waals surface area contributed by atoms with E-state index in [0.717, 1.165) is 16.1 Å². The number of aromatic nitrogens is 1. The highest BCUT2D eigenvalue weighted by Gasteiger charge is 2.25. The molecule has 0 aromatic carbocycles. The third-order valence-corrected chi connectivity index (χ3v) is 4.90. The fraction of sp³-hybridized carbons (Fsp3) is 0.375. The lowest BCUT2D eigenvalue weighted by atomic mass is 10.1. The highest BCUT2D eigenvalue weighted by atomic mass is 32.1. The van der Waals surface area contributed by atoms with Crippen LogP contribution in [-0.4, -0.2) is 28.6 Å². The molecular weight excluding hydrogens is 284 g/mol. The van der Waals surface area contributed by atoms with Gasteiger partial charge in [-0.25, -0.2) is 0 Å². The van der Waals surface area contributed by atoms with Crippen LogP contribution in [0.15, 0.2) is 17.5 Å². The minimum Gasteiger partial charge on any atom is -0.354 e. The van der Waals surface area contributed by atoms with Crippen LogP contribution in [0.3, 0.4) is 0 Å². The molecule has 2 aromatic heterocycles. The molecule has 0 saturated heterocycles. The van der Waals surface area contributed by atoms with E-state index in [1.54, 1.807) is 23.3 Å². The third-order valence-electron chi connectivity index (χ3n) is 3.86. The summed E-state index contributed by atoms with van der Waals surface area (Å²) in [5, 5.41) is 2.00. The number of aryl methyl sites for hydroxylation is 1. The van der Waals surface area contributed by atoms with Crippen LogP contribution in [0.2, 0.25) is 0 Å². The van der Waals surface area contributed by atoms with E-state index < -0.39 is 0 Å². The van der Waals surface area contributed by atoms with Gasteiger partial charge >= 0.3 is 0 Å². The lowest BCUT2D eigenvalue weighted by Gasteiger charge is -2.24. The van der Waals surface area contributed by atoms with Crippen LogP contribution in [0.5, 0.6) is 0 Å². The zero-order valence-corrected chi connectivity index (χ0v) is 13.8. The summed E-state index contributed by atoms with van der Waals surface area (Å²) in [5.41, 5.74) is 2.61. The molecule has 0 radical (unpaired) electrons. The van der Waals surface area contributed by atoms with E-state index in [2.05, 4.69) is 4.98 Å². The monoisotopic (exact) mass is 304 g/mol. The van der Waals surface area contributed by atoms with Crippen molar-refractivity contribution in [2.24, 2.45) is 0 Å². The predicted molar refractivity (Wildman–Crippen MR) is 85.1 cm³/mol. The number of carbonyl (C=O) groups excluding carboxylic acids is 2. The molecule has 112 valence electrons. The number of hydrogen-bond donors (Lipinski definition) is 1. The number of Topliss-reactive ketones (excluding diaryl/α,β-unsaturated/α-hetero) is 1. The van der Waals surface area contributed by atoms with E-state index in [0.29, 0.717) is 11.3 Å². The first-order chi connectivity index (χ1) is 9.84. The summed E-state index contributed by atoms with van der Waals surface area (Å²) in [4.78, 5) is 30.3. The van der Waals surface area contributed by atoms with Crippen molar-refractivity contribution in [1.82, 2.24) is 9.88 Å². The Bertz CT molecular complexity index is 671. The highest BCUT2D eigenvalue weighted by Crippen LogP contribution is 2.26. The minimum absolute atomic E-state index is 0.00119. The maximum atomic E-state index is 12.7. The standard InChI is InChI=1S/C16H20N2O2S/c1-9-14(12(4)19)10(2)17-15(9)16(20)18(5)11(3)13-7-6-8-21-13/h6-8,11,17H,1-5H3. The molecule has 4 nitrogen and oxygen atoms in total. The Hall–Kier alpha value is -1.88. The number of rotatable bonds is 4. The first kappa shape index (κ1) is 15.5. The summed E-state index contributed by atoms with van der Waals surface area (Å²) in [7, 11) is 1.79. The summed E-state index contributed by atoms with van der Waals surface area (Å²) in [5.74, 6) is -0.113. The Morgan fingerprint density at radius 2 is 2.00 bits per heavy atom. The Balaban J connectivity index is 2.32. The van der Waals surface area contributed by atoms with Crippen LogP contribution in [0.25, 0.3) is 0 Å². The Morgan fingerprint density at radius 3 is 2.48 bits per heavy atom. The van der Waals surface area contributed by atoms with E-state index in [-0.39, 0.29) is 17.7 Å². The number of carbonyl (C=O) groups is 2. The van der Waals surface area contributed by atoms with Crippen molar-refractivity contribution >= 4 is 23.0 Å². The van der Waals surface area contributed by atoms with Crippen LogP contribution in [0.1, 0.15) is 56.9 Å². The molecular formula is C16H20N2O2S. The second-order valence-corrected chi connectivity index (χ2v) is 6.27. The maximum Gasteiger partial charge on any atom is 0.270 e. The highest BCUT2D eigenvalue weighted by molar-refractivity contribution is 7.10. The van der Waals surface area contributed by atoms with Gasteiger partial charge in [0.1, 0.15) is 5.69 Å². The van der Waals surface area contributed by atoms with Crippen molar-refractivity contribution in [3.05, 3.63) is 44.9 Å². The summed E-state index contributed by atoms with van der Waals surface area (Å²) in [6, 6.07) is 4.00. The average Bonchev–Trinajstić information content (AvgIpc) is 3.04. The van der Waals surface area contributed by atoms with Gasteiger partial charge in [0.2, 0.25) is 0 Å². The third kappa shape index (κ3) is 2.78. The smallest absolute Gasteiger partial charge is 0.270 e.